The minimum absolute atomic E-state index is 0.158. The molecule has 6 heteroatoms. The summed E-state index contributed by atoms with van der Waals surface area (Å²) < 4.78 is 15.2. The van der Waals surface area contributed by atoms with Crippen LogP contribution in [0.3, 0.4) is 0 Å². The molecule has 23 heavy (non-hydrogen) atoms. The zero-order valence-electron chi connectivity index (χ0n) is 13.8. The first-order chi connectivity index (χ1) is 10.6. The SMILES string of the molecule is COc1cc(C(C)C)cc(C=C2C(=O)OC(C)(C)OC2=O)c1O. The van der Waals surface area contributed by atoms with E-state index in [0.29, 0.717) is 0 Å². The number of hydrogen-bond acceptors (Lipinski definition) is 6. The number of aromatic hydroxyl groups is 1. The fraction of sp³-hybridized carbons (Fsp3) is 0.412. The molecule has 124 valence electrons. The molecule has 0 spiro atoms. The van der Waals surface area contributed by atoms with Crippen molar-refractivity contribution in [3.8, 4) is 11.5 Å². The second-order valence-corrected chi connectivity index (χ2v) is 6.05. The van der Waals surface area contributed by atoms with Gasteiger partial charge in [0.2, 0.25) is 0 Å². The predicted octanol–water partition coefficient (Wildman–Crippen LogP) is 2.74. The van der Waals surface area contributed by atoms with E-state index in [0.717, 1.165) is 5.56 Å². The van der Waals surface area contributed by atoms with Gasteiger partial charge < -0.3 is 19.3 Å². The molecular formula is C17H20O6. The van der Waals surface area contributed by atoms with Crippen molar-refractivity contribution in [1.82, 2.24) is 0 Å². The highest BCUT2D eigenvalue weighted by Gasteiger charge is 2.39. The fourth-order valence-electron chi connectivity index (χ4n) is 2.18. The van der Waals surface area contributed by atoms with Crippen molar-refractivity contribution < 1.29 is 28.9 Å². The third-order valence-electron chi connectivity index (χ3n) is 3.43. The minimum atomic E-state index is -1.30. The van der Waals surface area contributed by atoms with Crippen molar-refractivity contribution in [1.29, 1.82) is 0 Å². The third kappa shape index (κ3) is 3.47. The molecule has 1 fully saturated rings. The van der Waals surface area contributed by atoms with Gasteiger partial charge in [-0.05, 0) is 29.7 Å². The van der Waals surface area contributed by atoms with Gasteiger partial charge in [-0.15, -0.1) is 0 Å². The monoisotopic (exact) mass is 320 g/mol. The lowest BCUT2D eigenvalue weighted by molar-refractivity contribution is -0.222. The van der Waals surface area contributed by atoms with Crippen LogP contribution in [0.2, 0.25) is 0 Å². The average Bonchev–Trinajstić information content (AvgIpc) is 2.43. The molecule has 0 atom stereocenters. The van der Waals surface area contributed by atoms with Gasteiger partial charge in [0.05, 0.1) is 7.11 Å². The molecule has 0 aliphatic carbocycles. The van der Waals surface area contributed by atoms with Gasteiger partial charge in [-0.2, -0.15) is 0 Å². The van der Waals surface area contributed by atoms with Gasteiger partial charge in [0, 0.05) is 19.4 Å². The molecule has 0 amide bonds. The lowest BCUT2D eigenvalue weighted by atomic mass is 9.98. The lowest BCUT2D eigenvalue weighted by Crippen LogP contribution is -2.41. The van der Waals surface area contributed by atoms with E-state index in [4.69, 9.17) is 14.2 Å². The Balaban J connectivity index is 2.52. The Bertz CT molecular complexity index is 663. The number of benzene rings is 1. The highest BCUT2D eigenvalue weighted by atomic mass is 16.7. The highest BCUT2D eigenvalue weighted by molar-refractivity contribution is 6.19. The minimum Gasteiger partial charge on any atom is -0.504 e. The van der Waals surface area contributed by atoms with Crippen molar-refractivity contribution >= 4 is 18.0 Å². The standard InChI is InChI=1S/C17H20O6/c1-9(2)10-6-11(14(18)13(8-10)21-5)7-12-15(19)22-17(3,4)23-16(12)20/h6-9,18H,1-5H3. The molecule has 0 aromatic heterocycles. The summed E-state index contributed by atoms with van der Waals surface area (Å²) in [5.41, 5.74) is 0.906. The average molecular weight is 320 g/mol. The number of phenolic OH excluding ortho intramolecular Hbond substituents is 1. The van der Waals surface area contributed by atoms with Crippen LogP contribution in [0.1, 0.15) is 44.7 Å². The number of hydrogen-bond donors (Lipinski definition) is 1. The number of cyclic esters (lactones) is 2. The maximum atomic E-state index is 12.0. The van der Waals surface area contributed by atoms with E-state index in [-0.39, 0.29) is 28.6 Å². The Labute approximate surface area is 134 Å². The molecule has 1 aliphatic heterocycles. The van der Waals surface area contributed by atoms with Crippen LogP contribution < -0.4 is 4.74 Å². The van der Waals surface area contributed by atoms with Crippen molar-refractivity contribution in [2.24, 2.45) is 0 Å². The maximum absolute atomic E-state index is 12.0. The highest BCUT2D eigenvalue weighted by Crippen LogP contribution is 2.36. The summed E-state index contributed by atoms with van der Waals surface area (Å²) in [5, 5.41) is 10.2. The first-order valence-electron chi connectivity index (χ1n) is 7.24. The molecule has 0 radical (unpaired) electrons. The van der Waals surface area contributed by atoms with E-state index >= 15 is 0 Å². The van der Waals surface area contributed by atoms with Crippen LogP contribution in [0, 0.1) is 0 Å². The van der Waals surface area contributed by atoms with Gasteiger partial charge in [-0.1, -0.05) is 13.8 Å². The zero-order chi connectivity index (χ0) is 17.4. The topological polar surface area (TPSA) is 82.1 Å². The van der Waals surface area contributed by atoms with Gasteiger partial charge in [-0.25, -0.2) is 9.59 Å². The Morgan fingerprint density at radius 1 is 1.17 bits per heavy atom. The molecule has 1 aromatic carbocycles. The van der Waals surface area contributed by atoms with Gasteiger partial charge in [-0.3, -0.25) is 0 Å². The number of esters is 2. The molecule has 1 aromatic rings. The summed E-state index contributed by atoms with van der Waals surface area (Å²) in [5.74, 6) is -2.61. The predicted molar refractivity (Wildman–Crippen MR) is 83.0 cm³/mol. The summed E-state index contributed by atoms with van der Waals surface area (Å²) in [7, 11) is 1.43. The molecule has 2 rings (SSSR count). The number of phenols is 1. The van der Waals surface area contributed by atoms with E-state index in [1.54, 1.807) is 12.1 Å². The van der Waals surface area contributed by atoms with Crippen LogP contribution in [0.4, 0.5) is 0 Å². The van der Waals surface area contributed by atoms with Gasteiger partial charge in [0.15, 0.2) is 11.5 Å². The van der Waals surface area contributed by atoms with Crippen LogP contribution in [-0.2, 0) is 19.1 Å². The Kier molecular flexibility index (Phi) is 4.36. The summed E-state index contributed by atoms with van der Waals surface area (Å²) in [4.78, 5) is 24.0. The second-order valence-electron chi connectivity index (χ2n) is 6.05. The van der Waals surface area contributed by atoms with Crippen LogP contribution in [-0.4, -0.2) is 29.9 Å². The maximum Gasteiger partial charge on any atom is 0.348 e. The van der Waals surface area contributed by atoms with Crippen molar-refractivity contribution in [3.63, 3.8) is 0 Å². The summed E-state index contributed by atoms with van der Waals surface area (Å²) in [6.45, 7) is 6.90. The Morgan fingerprint density at radius 2 is 1.74 bits per heavy atom. The van der Waals surface area contributed by atoms with Crippen molar-refractivity contribution in [2.45, 2.75) is 39.4 Å². The molecule has 6 nitrogen and oxygen atoms in total. The van der Waals surface area contributed by atoms with Crippen LogP contribution in [0.25, 0.3) is 6.08 Å². The van der Waals surface area contributed by atoms with Crippen LogP contribution in [0.5, 0.6) is 11.5 Å². The zero-order valence-corrected chi connectivity index (χ0v) is 13.8. The van der Waals surface area contributed by atoms with E-state index in [1.165, 1.54) is 27.0 Å². The number of methoxy groups -OCH3 is 1. The lowest BCUT2D eigenvalue weighted by Gasteiger charge is -2.29. The largest absolute Gasteiger partial charge is 0.504 e. The van der Waals surface area contributed by atoms with Gasteiger partial charge >= 0.3 is 11.9 Å². The molecule has 1 aliphatic rings. The molecule has 0 unspecified atom stereocenters. The van der Waals surface area contributed by atoms with Crippen molar-refractivity contribution in [3.05, 3.63) is 28.8 Å². The molecule has 0 saturated carbocycles. The summed E-state index contributed by atoms with van der Waals surface area (Å²) in [6.07, 6.45) is 1.25. The van der Waals surface area contributed by atoms with Crippen LogP contribution in [0.15, 0.2) is 17.7 Å². The summed E-state index contributed by atoms with van der Waals surface area (Å²) >= 11 is 0. The number of ether oxygens (including phenoxy) is 3. The normalized spacial score (nSPS) is 16.9. The molecule has 0 bridgehead atoms. The molecule has 1 N–H and O–H groups in total. The van der Waals surface area contributed by atoms with Crippen molar-refractivity contribution in [2.75, 3.05) is 7.11 Å². The number of carbonyl (C=O) groups excluding carboxylic acids is 2. The second kappa shape index (κ2) is 5.95. The Hall–Kier alpha value is -2.50. The molecular weight excluding hydrogens is 300 g/mol. The molecule has 1 saturated heterocycles. The molecule has 1 heterocycles. The summed E-state index contributed by atoms with van der Waals surface area (Å²) in [6, 6.07) is 3.40. The quantitative estimate of drug-likeness (QED) is 0.524. The Morgan fingerprint density at radius 3 is 2.22 bits per heavy atom. The number of rotatable bonds is 3. The van der Waals surface area contributed by atoms with E-state index in [9.17, 15) is 14.7 Å². The van der Waals surface area contributed by atoms with E-state index < -0.39 is 17.7 Å². The first-order valence-corrected chi connectivity index (χ1v) is 7.24. The number of carbonyl (C=O) groups is 2. The van der Waals surface area contributed by atoms with E-state index in [1.807, 2.05) is 13.8 Å². The third-order valence-corrected chi connectivity index (χ3v) is 3.43. The van der Waals surface area contributed by atoms with E-state index in [2.05, 4.69) is 0 Å². The first kappa shape index (κ1) is 16.9. The van der Waals surface area contributed by atoms with Crippen LogP contribution >= 0.6 is 0 Å². The van der Waals surface area contributed by atoms with Gasteiger partial charge in [0.25, 0.3) is 5.79 Å². The smallest absolute Gasteiger partial charge is 0.348 e. The fourth-order valence-corrected chi connectivity index (χ4v) is 2.18. The van der Waals surface area contributed by atoms with Gasteiger partial charge in [0.1, 0.15) is 5.57 Å².